The molecule has 0 N–H and O–H groups in total. The molecule has 0 atom stereocenters. The summed E-state index contributed by atoms with van der Waals surface area (Å²) >= 11 is 6.24. The average molecular weight is 419 g/mol. The van der Waals surface area contributed by atoms with Crippen molar-refractivity contribution in [2.75, 3.05) is 6.61 Å². The molecule has 30 heavy (non-hydrogen) atoms. The van der Waals surface area contributed by atoms with Gasteiger partial charge in [0.1, 0.15) is 11.6 Å². The quantitative estimate of drug-likeness (QED) is 0.295. The van der Waals surface area contributed by atoms with Crippen LogP contribution in [0.2, 0.25) is 5.02 Å². The molecule has 4 heteroatoms. The van der Waals surface area contributed by atoms with E-state index in [9.17, 15) is 0 Å². The van der Waals surface area contributed by atoms with Gasteiger partial charge in [-0.1, -0.05) is 61.8 Å². The van der Waals surface area contributed by atoms with Crippen molar-refractivity contribution < 1.29 is 4.74 Å². The molecule has 0 amide bonds. The van der Waals surface area contributed by atoms with Gasteiger partial charge in [0.2, 0.25) is 0 Å². The average Bonchev–Trinajstić information content (AvgIpc) is 3.10. The zero-order chi connectivity index (χ0) is 21.1. The number of benzene rings is 3. The molecule has 1 heterocycles. The van der Waals surface area contributed by atoms with Crippen molar-refractivity contribution in [1.82, 2.24) is 9.55 Å². The van der Waals surface area contributed by atoms with Gasteiger partial charge in [0.05, 0.1) is 17.6 Å². The van der Waals surface area contributed by atoms with Gasteiger partial charge in [-0.05, 0) is 60.7 Å². The third-order valence-corrected chi connectivity index (χ3v) is 5.55. The van der Waals surface area contributed by atoms with Crippen molar-refractivity contribution in [3.05, 3.63) is 82.9 Å². The number of hydrogen-bond donors (Lipinski definition) is 0. The fourth-order valence-electron chi connectivity index (χ4n) is 3.80. The van der Waals surface area contributed by atoms with Crippen molar-refractivity contribution >= 4 is 22.6 Å². The minimum atomic E-state index is 0.438. The molecule has 0 bridgehead atoms. The number of fused-ring (bicyclic) bond motifs is 1. The van der Waals surface area contributed by atoms with Gasteiger partial charge in [0, 0.05) is 17.1 Å². The van der Waals surface area contributed by atoms with Crippen LogP contribution in [-0.2, 0) is 6.54 Å². The summed E-state index contributed by atoms with van der Waals surface area (Å²) in [6, 6.07) is 22.6. The smallest absolute Gasteiger partial charge is 0.141 e. The van der Waals surface area contributed by atoms with Crippen molar-refractivity contribution in [3.8, 4) is 17.1 Å². The Kier molecular flexibility index (Phi) is 6.10. The molecule has 0 unspecified atom stereocenters. The summed E-state index contributed by atoms with van der Waals surface area (Å²) in [5.41, 5.74) is 5.63. The van der Waals surface area contributed by atoms with Crippen LogP contribution in [0.4, 0.5) is 0 Å². The molecule has 0 saturated carbocycles. The number of halogens is 1. The monoisotopic (exact) mass is 418 g/mol. The van der Waals surface area contributed by atoms with Crippen LogP contribution in [0, 0.1) is 6.92 Å². The summed E-state index contributed by atoms with van der Waals surface area (Å²) in [6.45, 7) is 7.99. The molecule has 0 fully saturated rings. The second kappa shape index (κ2) is 8.93. The Balaban J connectivity index is 1.55. The van der Waals surface area contributed by atoms with E-state index in [1.807, 2.05) is 24.3 Å². The molecule has 4 aromatic rings. The van der Waals surface area contributed by atoms with Crippen LogP contribution in [0.1, 0.15) is 37.3 Å². The number of aryl methyl sites for hydroxylation is 2. The van der Waals surface area contributed by atoms with E-state index in [1.165, 1.54) is 11.1 Å². The van der Waals surface area contributed by atoms with Crippen LogP contribution in [0.3, 0.4) is 0 Å². The summed E-state index contributed by atoms with van der Waals surface area (Å²) in [6.07, 6.45) is 0.888. The van der Waals surface area contributed by atoms with Crippen molar-refractivity contribution in [2.45, 2.75) is 39.7 Å². The highest BCUT2D eigenvalue weighted by Gasteiger charge is 2.13. The summed E-state index contributed by atoms with van der Waals surface area (Å²) in [5.74, 6) is 2.38. The lowest BCUT2D eigenvalue weighted by molar-refractivity contribution is 0.298. The first-order chi connectivity index (χ1) is 14.5. The summed E-state index contributed by atoms with van der Waals surface area (Å²) in [4.78, 5) is 4.87. The number of para-hydroxylation sites is 2. The van der Waals surface area contributed by atoms with Gasteiger partial charge in [-0.25, -0.2) is 4.98 Å². The highest BCUT2D eigenvalue weighted by atomic mass is 35.5. The Morgan fingerprint density at radius 2 is 1.83 bits per heavy atom. The Hall–Kier alpha value is -2.78. The molecule has 3 nitrogen and oxygen atoms in total. The van der Waals surface area contributed by atoms with E-state index in [-0.39, 0.29) is 0 Å². The van der Waals surface area contributed by atoms with E-state index in [0.29, 0.717) is 12.5 Å². The minimum absolute atomic E-state index is 0.438. The molecule has 3 aromatic carbocycles. The zero-order valence-corrected chi connectivity index (χ0v) is 18.5. The summed E-state index contributed by atoms with van der Waals surface area (Å²) in [5, 5.41) is 0.718. The number of imidazole rings is 1. The fourth-order valence-corrected chi connectivity index (χ4v) is 3.99. The van der Waals surface area contributed by atoms with Crippen LogP contribution >= 0.6 is 11.6 Å². The molecular weight excluding hydrogens is 392 g/mol. The first-order valence-electron chi connectivity index (χ1n) is 10.5. The Labute approximate surface area is 183 Å². The van der Waals surface area contributed by atoms with Gasteiger partial charge in [0.15, 0.2) is 0 Å². The van der Waals surface area contributed by atoms with Crippen LogP contribution in [0.5, 0.6) is 5.75 Å². The summed E-state index contributed by atoms with van der Waals surface area (Å²) < 4.78 is 8.47. The topological polar surface area (TPSA) is 27.1 Å². The molecule has 0 aliphatic rings. The largest absolute Gasteiger partial charge is 0.493 e. The maximum absolute atomic E-state index is 6.24. The third-order valence-electron chi connectivity index (χ3n) is 5.31. The van der Waals surface area contributed by atoms with Crippen LogP contribution in [-0.4, -0.2) is 16.2 Å². The van der Waals surface area contributed by atoms with E-state index < -0.39 is 0 Å². The number of aromatic nitrogens is 2. The lowest BCUT2D eigenvalue weighted by Gasteiger charge is -2.15. The highest BCUT2D eigenvalue weighted by molar-refractivity contribution is 6.30. The Bertz CT molecular complexity index is 1160. The molecule has 4 rings (SSSR count). The first-order valence-corrected chi connectivity index (χ1v) is 10.9. The third kappa shape index (κ3) is 4.36. The molecule has 0 spiro atoms. The minimum Gasteiger partial charge on any atom is -0.493 e. The van der Waals surface area contributed by atoms with E-state index in [4.69, 9.17) is 21.3 Å². The second-order valence-corrected chi connectivity index (χ2v) is 8.42. The normalized spacial score (nSPS) is 11.4. The van der Waals surface area contributed by atoms with Crippen molar-refractivity contribution in [2.24, 2.45) is 0 Å². The van der Waals surface area contributed by atoms with E-state index in [2.05, 4.69) is 67.8 Å². The van der Waals surface area contributed by atoms with E-state index in [0.717, 1.165) is 46.2 Å². The predicted octanol–water partition coefficient (Wildman–Crippen LogP) is 7.26. The Morgan fingerprint density at radius 3 is 2.63 bits per heavy atom. The molecule has 0 saturated heterocycles. The van der Waals surface area contributed by atoms with Crippen LogP contribution in [0.25, 0.3) is 22.4 Å². The fraction of sp³-hybridized carbons (Fsp3) is 0.269. The number of nitrogens with zero attached hydrogens (tertiary/aromatic N) is 2. The zero-order valence-electron chi connectivity index (χ0n) is 17.7. The SMILES string of the molecule is Cc1ccc(C(C)C)c(OCCCn2c(-c3cccc(Cl)c3)nc3ccccc32)c1. The van der Waals surface area contributed by atoms with Crippen LogP contribution in [0.15, 0.2) is 66.7 Å². The standard InChI is InChI=1S/C26H27ClN2O/c1-18(2)22-13-12-19(3)16-25(22)30-15-7-14-29-24-11-5-4-10-23(24)28-26(29)20-8-6-9-21(27)17-20/h4-6,8-13,16-18H,7,14-15H2,1-3H3. The lowest BCUT2D eigenvalue weighted by atomic mass is 10.0. The highest BCUT2D eigenvalue weighted by Crippen LogP contribution is 2.29. The molecule has 0 radical (unpaired) electrons. The maximum Gasteiger partial charge on any atom is 0.141 e. The number of ether oxygens (including phenoxy) is 1. The van der Waals surface area contributed by atoms with E-state index >= 15 is 0 Å². The second-order valence-electron chi connectivity index (χ2n) is 7.98. The van der Waals surface area contributed by atoms with Crippen LogP contribution < -0.4 is 4.74 Å². The van der Waals surface area contributed by atoms with Gasteiger partial charge in [-0.3, -0.25) is 0 Å². The lowest BCUT2D eigenvalue weighted by Crippen LogP contribution is -2.07. The van der Waals surface area contributed by atoms with Gasteiger partial charge >= 0.3 is 0 Å². The van der Waals surface area contributed by atoms with Gasteiger partial charge in [-0.15, -0.1) is 0 Å². The molecule has 1 aromatic heterocycles. The molecule has 0 aliphatic carbocycles. The van der Waals surface area contributed by atoms with Gasteiger partial charge in [-0.2, -0.15) is 0 Å². The van der Waals surface area contributed by atoms with Crippen molar-refractivity contribution in [1.29, 1.82) is 0 Å². The van der Waals surface area contributed by atoms with E-state index in [1.54, 1.807) is 0 Å². The Morgan fingerprint density at radius 1 is 1.00 bits per heavy atom. The van der Waals surface area contributed by atoms with Gasteiger partial charge < -0.3 is 9.30 Å². The first kappa shape index (κ1) is 20.5. The molecular formula is C26H27ClN2O. The molecule has 154 valence electrons. The predicted molar refractivity (Wildman–Crippen MR) is 126 cm³/mol. The van der Waals surface area contributed by atoms with Crippen molar-refractivity contribution in [3.63, 3.8) is 0 Å². The van der Waals surface area contributed by atoms with Gasteiger partial charge in [0.25, 0.3) is 0 Å². The molecule has 0 aliphatic heterocycles. The number of hydrogen-bond acceptors (Lipinski definition) is 2. The number of rotatable bonds is 7. The summed E-state index contributed by atoms with van der Waals surface area (Å²) in [7, 11) is 0. The maximum atomic E-state index is 6.24.